The Hall–Kier alpha value is -1.51. The van der Waals surface area contributed by atoms with Gasteiger partial charge in [0.25, 0.3) is 0 Å². The first-order valence-electron chi connectivity index (χ1n) is 9.41. The summed E-state index contributed by atoms with van der Waals surface area (Å²) in [5, 5.41) is 9.32. The summed E-state index contributed by atoms with van der Waals surface area (Å²) in [4.78, 5) is 16.3. The van der Waals surface area contributed by atoms with Gasteiger partial charge in [-0.25, -0.2) is 0 Å². The molecule has 0 radical (unpaired) electrons. The van der Waals surface area contributed by atoms with Crippen molar-refractivity contribution in [2.45, 2.75) is 52.5 Å². The van der Waals surface area contributed by atoms with Crippen molar-refractivity contribution in [3.8, 4) is 5.75 Å². The molecule has 154 valence electrons. The maximum atomic E-state index is 11.7. The highest BCUT2D eigenvalue weighted by Crippen LogP contribution is 2.21. The molecule has 0 aromatic heterocycles. The van der Waals surface area contributed by atoms with Crippen LogP contribution in [0.25, 0.3) is 0 Å². The monoisotopic (exact) mass is 490 g/mol. The van der Waals surface area contributed by atoms with Crippen molar-refractivity contribution in [2.24, 2.45) is 4.99 Å². The summed E-state index contributed by atoms with van der Waals surface area (Å²) in [6.45, 7) is 10.2. The third kappa shape index (κ3) is 11.0. The minimum Gasteiger partial charge on any atom is -0.497 e. The van der Waals surface area contributed by atoms with Crippen molar-refractivity contribution in [1.29, 1.82) is 0 Å². The number of amides is 1. The van der Waals surface area contributed by atoms with Gasteiger partial charge in [-0.05, 0) is 50.8 Å². The second-order valence-electron chi connectivity index (χ2n) is 6.62. The number of carbonyl (C=O) groups is 1. The highest BCUT2D eigenvalue weighted by Gasteiger charge is 2.07. The molecule has 1 rings (SSSR count). The third-order valence-corrected chi connectivity index (χ3v) is 3.96. The van der Waals surface area contributed by atoms with Crippen LogP contribution in [0.1, 0.15) is 52.0 Å². The fraction of sp³-hybridized carbons (Fsp3) is 0.600. The van der Waals surface area contributed by atoms with E-state index >= 15 is 0 Å². The summed E-state index contributed by atoms with van der Waals surface area (Å²) in [6.07, 6.45) is 1.39. The lowest BCUT2D eigenvalue weighted by molar-refractivity contribution is -0.121. The quantitative estimate of drug-likeness (QED) is 0.268. The Kier molecular flexibility index (Phi) is 13.7. The lowest BCUT2D eigenvalue weighted by Crippen LogP contribution is -2.40. The Balaban J connectivity index is 0.00000676. The number of nitrogens with zero attached hydrogens (tertiary/aromatic N) is 1. The Morgan fingerprint density at radius 3 is 2.37 bits per heavy atom. The Labute approximate surface area is 181 Å². The first-order valence-corrected chi connectivity index (χ1v) is 9.41. The highest BCUT2D eigenvalue weighted by molar-refractivity contribution is 14.0. The van der Waals surface area contributed by atoms with Crippen LogP contribution < -0.4 is 20.7 Å². The van der Waals surface area contributed by atoms with Crippen LogP contribution in [0.5, 0.6) is 5.75 Å². The molecule has 3 N–H and O–H groups in total. The molecule has 0 aliphatic rings. The SMILES string of the molecule is CCNC(=NCCC(C)c1ccc(OC)cc1)NCCC(=O)NC(C)C.I. The van der Waals surface area contributed by atoms with Gasteiger partial charge in [-0.15, -0.1) is 24.0 Å². The van der Waals surface area contributed by atoms with E-state index in [1.807, 2.05) is 32.9 Å². The van der Waals surface area contributed by atoms with Crippen LogP contribution >= 0.6 is 24.0 Å². The zero-order valence-electron chi connectivity index (χ0n) is 17.2. The van der Waals surface area contributed by atoms with E-state index in [0.717, 1.165) is 31.2 Å². The van der Waals surface area contributed by atoms with Gasteiger partial charge in [-0.2, -0.15) is 0 Å². The van der Waals surface area contributed by atoms with Crippen molar-refractivity contribution in [3.63, 3.8) is 0 Å². The smallest absolute Gasteiger partial charge is 0.221 e. The summed E-state index contributed by atoms with van der Waals surface area (Å²) in [5.74, 6) is 2.10. The van der Waals surface area contributed by atoms with Gasteiger partial charge in [-0.3, -0.25) is 9.79 Å². The standard InChI is InChI=1S/C20H34N4O2.HI/c1-6-21-20(23-14-12-19(25)24-15(2)3)22-13-11-16(4)17-7-9-18(26-5)10-8-17;/h7-10,15-16H,6,11-14H2,1-5H3,(H,24,25)(H2,21,22,23);1H. The number of guanidine groups is 1. The van der Waals surface area contributed by atoms with E-state index in [9.17, 15) is 4.79 Å². The zero-order chi connectivity index (χ0) is 19.4. The van der Waals surface area contributed by atoms with Gasteiger partial charge in [0.1, 0.15) is 5.75 Å². The largest absolute Gasteiger partial charge is 0.497 e. The van der Waals surface area contributed by atoms with Crippen LogP contribution in [0.4, 0.5) is 0 Å². The number of aliphatic imine (C=N–C) groups is 1. The second-order valence-corrected chi connectivity index (χ2v) is 6.62. The van der Waals surface area contributed by atoms with Crippen molar-refractivity contribution < 1.29 is 9.53 Å². The lowest BCUT2D eigenvalue weighted by Gasteiger charge is -2.14. The molecule has 0 fully saturated rings. The third-order valence-electron chi connectivity index (χ3n) is 3.96. The van der Waals surface area contributed by atoms with Crippen LogP contribution in [-0.4, -0.2) is 44.7 Å². The minimum absolute atomic E-state index is 0. The average Bonchev–Trinajstić information content (AvgIpc) is 2.61. The van der Waals surface area contributed by atoms with Gasteiger partial charge < -0.3 is 20.7 Å². The van der Waals surface area contributed by atoms with Gasteiger partial charge in [0.2, 0.25) is 5.91 Å². The first-order chi connectivity index (χ1) is 12.5. The fourth-order valence-corrected chi connectivity index (χ4v) is 2.50. The Morgan fingerprint density at radius 1 is 1.15 bits per heavy atom. The predicted octanol–water partition coefficient (Wildman–Crippen LogP) is 3.28. The van der Waals surface area contributed by atoms with E-state index in [2.05, 4.69) is 40.0 Å². The van der Waals surface area contributed by atoms with Gasteiger partial charge in [0.15, 0.2) is 5.96 Å². The van der Waals surface area contributed by atoms with Crippen molar-refractivity contribution in [3.05, 3.63) is 29.8 Å². The number of halogens is 1. The van der Waals surface area contributed by atoms with Crippen LogP contribution in [0.2, 0.25) is 0 Å². The number of rotatable bonds is 10. The van der Waals surface area contributed by atoms with Gasteiger partial charge >= 0.3 is 0 Å². The predicted molar refractivity (Wildman–Crippen MR) is 123 cm³/mol. The lowest BCUT2D eigenvalue weighted by atomic mass is 9.98. The maximum Gasteiger partial charge on any atom is 0.221 e. The molecule has 0 aliphatic heterocycles. The topological polar surface area (TPSA) is 74.8 Å². The molecule has 0 saturated heterocycles. The summed E-state index contributed by atoms with van der Waals surface area (Å²) in [7, 11) is 1.68. The summed E-state index contributed by atoms with van der Waals surface area (Å²) >= 11 is 0. The molecular formula is C20H35IN4O2. The maximum absolute atomic E-state index is 11.7. The molecule has 0 spiro atoms. The summed E-state index contributed by atoms with van der Waals surface area (Å²) in [6, 6.07) is 8.35. The molecule has 1 aromatic rings. The van der Waals surface area contributed by atoms with E-state index < -0.39 is 0 Å². The number of benzene rings is 1. The van der Waals surface area contributed by atoms with Crippen molar-refractivity contribution in [1.82, 2.24) is 16.0 Å². The number of methoxy groups -OCH3 is 1. The van der Waals surface area contributed by atoms with Crippen molar-refractivity contribution in [2.75, 3.05) is 26.7 Å². The molecule has 0 aliphatic carbocycles. The number of hydrogen-bond acceptors (Lipinski definition) is 3. The molecule has 0 saturated carbocycles. The molecule has 1 aromatic carbocycles. The molecule has 1 unspecified atom stereocenters. The molecule has 27 heavy (non-hydrogen) atoms. The van der Waals surface area contributed by atoms with Gasteiger partial charge in [-0.1, -0.05) is 19.1 Å². The van der Waals surface area contributed by atoms with E-state index in [1.54, 1.807) is 7.11 Å². The van der Waals surface area contributed by atoms with E-state index in [-0.39, 0.29) is 35.9 Å². The fourth-order valence-electron chi connectivity index (χ4n) is 2.50. The van der Waals surface area contributed by atoms with Crippen LogP contribution in [-0.2, 0) is 4.79 Å². The van der Waals surface area contributed by atoms with E-state index in [4.69, 9.17) is 4.74 Å². The van der Waals surface area contributed by atoms with Gasteiger partial charge in [0, 0.05) is 32.1 Å². The molecule has 1 amide bonds. The number of carbonyl (C=O) groups excluding carboxylic acids is 1. The Morgan fingerprint density at radius 2 is 1.81 bits per heavy atom. The number of hydrogen-bond donors (Lipinski definition) is 3. The van der Waals surface area contributed by atoms with E-state index in [1.165, 1.54) is 5.56 Å². The summed E-state index contributed by atoms with van der Waals surface area (Å²) in [5.41, 5.74) is 1.28. The normalized spacial score (nSPS) is 12.1. The van der Waals surface area contributed by atoms with Gasteiger partial charge in [0.05, 0.1) is 7.11 Å². The van der Waals surface area contributed by atoms with E-state index in [0.29, 0.717) is 18.9 Å². The molecule has 0 heterocycles. The second kappa shape index (κ2) is 14.5. The molecule has 0 bridgehead atoms. The molecular weight excluding hydrogens is 455 g/mol. The minimum atomic E-state index is 0. The molecule has 1 atom stereocenters. The molecule has 6 nitrogen and oxygen atoms in total. The van der Waals surface area contributed by atoms with Crippen molar-refractivity contribution >= 4 is 35.8 Å². The van der Waals surface area contributed by atoms with Crippen LogP contribution in [0.3, 0.4) is 0 Å². The summed E-state index contributed by atoms with van der Waals surface area (Å²) < 4.78 is 5.20. The zero-order valence-corrected chi connectivity index (χ0v) is 19.5. The van der Waals surface area contributed by atoms with Crippen LogP contribution in [0.15, 0.2) is 29.3 Å². The number of ether oxygens (including phenoxy) is 1. The average molecular weight is 490 g/mol. The number of nitrogens with one attached hydrogen (secondary N) is 3. The Bertz CT molecular complexity index is 562. The highest BCUT2D eigenvalue weighted by atomic mass is 127. The molecule has 7 heteroatoms. The first kappa shape index (κ1) is 25.5. The van der Waals surface area contributed by atoms with Crippen LogP contribution in [0, 0.1) is 0 Å².